The van der Waals surface area contributed by atoms with Crippen molar-refractivity contribution in [2.75, 3.05) is 26.7 Å². The highest BCUT2D eigenvalue weighted by atomic mass is 15.3. The van der Waals surface area contributed by atoms with E-state index in [1.54, 1.807) is 0 Å². The van der Waals surface area contributed by atoms with Crippen molar-refractivity contribution in [2.45, 2.75) is 50.7 Å². The smallest absolute Gasteiger partial charge is 0.0547 e. The van der Waals surface area contributed by atoms with Crippen molar-refractivity contribution in [3.8, 4) is 0 Å². The summed E-state index contributed by atoms with van der Waals surface area (Å²) in [5.74, 6) is 0. The Kier molecular flexibility index (Phi) is 4.29. The lowest BCUT2D eigenvalue weighted by Crippen LogP contribution is -2.59. The van der Waals surface area contributed by atoms with Gasteiger partial charge >= 0.3 is 0 Å². The van der Waals surface area contributed by atoms with Crippen LogP contribution in [-0.2, 0) is 6.54 Å². The fourth-order valence-electron chi connectivity index (χ4n) is 4.10. The number of aryl methyl sites for hydroxylation is 1. The van der Waals surface area contributed by atoms with E-state index in [9.17, 15) is 0 Å². The van der Waals surface area contributed by atoms with Gasteiger partial charge in [-0.2, -0.15) is 0 Å². The summed E-state index contributed by atoms with van der Waals surface area (Å²) in [5.41, 5.74) is 8.62. The molecule has 3 rings (SSSR count). The van der Waals surface area contributed by atoms with Gasteiger partial charge in [0.05, 0.1) is 5.69 Å². The summed E-state index contributed by atoms with van der Waals surface area (Å²) in [4.78, 5) is 9.77. The number of fused-ring (bicyclic) bond motifs is 1. The molecule has 2 fully saturated rings. The third-order valence-electron chi connectivity index (χ3n) is 5.51. The highest BCUT2D eigenvalue weighted by molar-refractivity contribution is 5.11. The lowest BCUT2D eigenvalue weighted by Gasteiger charge is -2.49. The van der Waals surface area contributed by atoms with Gasteiger partial charge in [-0.1, -0.05) is 6.07 Å². The quantitative estimate of drug-likeness (QED) is 0.917. The van der Waals surface area contributed by atoms with Crippen molar-refractivity contribution in [3.63, 3.8) is 0 Å². The number of hydrogen-bond donors (Lipinski definition) is 1. The molecule has 1 aromatic heterocycles. The second kappa shape index (κ2) is 6.03. The van der Waals surface area contributed by atoms with E-state index in [-0.39, 0.29) is 5.54 Å². The number of nitrogens with two attached hydrogens (primary N) is 1. The zero-order valence-electron chi connectivity index (χ0n) is 13.4. The second-order valence-corrected chi connectivity index (χ2v) is 6.84. The number of hydrogen-bond acceptors (Lipinski definition) is 4. The first kappa shape index (κ1) is 14.9. The number of rotatable bonds is 4. The van der Waals surface area contributed by atoms with E-state index in [0.717, 1.165) is 30.5 Å². The first-order valence-electron chi connectivity index (χ1n) is 8.21. The van der Waals surface area contributed by atoms with E-state index in [1.165, 1.54) is 38.8 Å². The summed E-state index contributed by atoms with van der Waals surface area (Å²) in [7, 11) is 2.22. The Morgan fingerprint density at radius 2 is 2.29 bits per heavy atom. The molecule has 2 N–H and O–H groups in total. The molecule has 0 aromatic carbocycles. The molecule has 0 radical (unpaired) electrons. The molecule has 1 aromatic rings. The summed E-state index contributed by atoms with van der Waals surface area (Å²) in [6.45, 7) is 6.19. The lowest BCUT2D eigenvalue weighted by atomic mass is 9.82. The molecule has 0 bridgehead atoms. The molecule has 0 aliphatic carbocycles. The van der Waals surface area contributed by atoms with Crippen LogP contribution in [0.15, 0.2) is 18.2 Å². The van der Waals surface area contributed by atoms with Gasteiger partial charge in [-0.3, -0.25) is 9.88 Å². The molecular formula is C17H28N4. The van der Waals surface area contributed by atoms with E-state index in [0.29, 0.717) is 0 Å². The topological polar surface area (TPSA) is 45.4 Å². The largest absolute Gasteiger partial charge is 0.329 e. The second-order valence-electron chi connectivity index (χ2n) is 6.84. The van der Waals surface area contributed by atoms with Crippen LogP contribution in [0.4, 0.5) is 0 Å². The number of likely N-dealkylation sites (N-methyl/N-ethyl adjacent to an activating group) is 1. The van der Waals surface area contributed by atoms with Crippen LogP contribution < -0.4 is 5.73 Å². The molecule has 116 valence electrons. The van der Waals surface area contributed by atoms with Gasteiger partial charge in [-0.25, -0.2) is 0 Å². The molecule has 3 heterocycles. The first-order valence-corrected chi connectivity index (χ1v) is 8.21. The molecular weight excluding hydrogens is 260 g/mol. The van der Waals surface area contributed by atoms with Crippen LogP contribution >= 0.6 is 0 Å². The number of nitrogens with zero attached hydrogens (tertiary/aromatic N) is 3. The Bertz CT molecular complexity index is 489. The van der Waals surface area contributed by atoms with E-state index in [1.807, 2.05) is 0 Å². The van der Waals surface area contributed by atoms with Gasteiger partial charge in [0.25, 0.3) is 0 Å². The summed E-state index contributed by atoms with van der Waals surface area (Å²) < 4.78 is 0. The van der Waals surface area contributed by atoms with Gasteiger partial charge < -0.3 is 10.6 Å². The monoisotopic (exact) mass is 288 g/mol. The Morgan fingerprint density at radius 3 is 3.05 bits per heavy atom. The highest BCUT2D eigenvalue weighted by Gasteiger charge is 2.43. The van der Waals surface area contributed by atoms with Gasteiger partial charge in [-0.05, 0) is 58.3 Å². The maximum Gasteiger partial charge on any atom is 0.0547 e. The maximum atomic E-state index is 6.22. The molecule has 4 heteroatoms. The summed E-state index contributed by atoms with van der Waals surface area (Å²) >= 11 is 0. The van der Waals surface area contributed by atoms with E-state index in [2.05, 4.69) is 47.0 Å². The van der Waals surface area contributed by atoms with Crippen LogP contribution in [0.2, 0.25) is 0 Å². The average molecular weight is 288 g/mol. The molecule has 2 saturated heterocycles. The van der Waals surface area contributed by atoms with Crippen molar-refractivity contribution >= 4 is 0 Å². The third-order valence-corrected chi connectivity index (χ3v) is 5.51. The fraction of sp³-hybridized carbons (Fsp3) is 0.706. The van der Waals surface area contributed by atoms with Crippen LogP contribution in [0, 0.1) is 6.92 Å². The van der Waals surface area contributed by atoms with Gasteiger partial charge in [0.1, 0.15) is 0 Å². The third kappa shape index (κ3) is 2.98. The Hall–Kier alpha value is -0.970. The van der Waals surface area contributed by atoms with Crippen molar-refractivity contribution in [2.24, 2.45) is 5.73 Å². The van der Waals surface area contributed by atoms with Crippen molar-refractivity contribution in [1.82, 2.24) is 14.8 Å². The molecule has 0 spiro atoms. The van der Waals surface area contributed by atoms with Gasteiger partial charge in [0.2, 0.25) is 0 Å². The van der Waals surface area contributed by atoms with Crippen LogP contribution in [0.5, 0.6) is 0 Å². The predicted molar refractivity (Wildman–Crippen MR) is 86.1 cm³/mol. The summed E-state index contributed by atoms with van der Waals surface area (Å²) in [6.07, 6.45) is 5.10. The molecule has 21 heavy (non-hydrogen) atoms. The predicted octanol–water partition coefficient (Wildman–Crippen LogP) is 1.78. The molecule has 4 nitrogen and oxygen atoms in total. The van der Waals surface area contributed by atoms with Crippen LogP contribution in [0.25, 0.3) is 0 Å². The Morgan fingerprint density at radius 1 is 1.43 bits per heavy atom. The highest BCUT2D eigenvalue weighted by Crippen LogP contribution is 2.36. The van der Waals surface area contributed by atoms with Gasteiger partial charge in [0.15, 0.2) is 0 Å². The van der Waals surface area contributed by atoms with Crippen LogP contribution in [-0.4, -0.2) is 53.0 Å². The number of piperidine rings is 1. The normalized spacial score (nSPS) is 29.8. The molecule has 2 atom stereocenters. The van der Waals surface area contributed by atoms with Crippen molar-refractivity contribution < 1.29 is 0 Å². The minimum Gasteiger partial charge on any atom is -0.329 e. The van der Waals surface area contributed by atoms with E-state index >= 15 is 0 Å². The molecule has 0 amide bonds. The molecule has 2 aliphatic heterocycles. The Balaban J connectivity index is 1.72. The van der Waals surface area contributed by atoms with Crippen LogP contribution in [0.3, 0.4) is 0 Å². The zero-order chi connectivity index (χ0) is 14.9. The summed E-state index contributed by atoms with van der Waals surface area (Å²) in [6, 6.07) is 7.02. The lowest BCUT2D eigenvalue weighted by molar-refractivity contribution is 0.0213. The Labute approximate surface area is 128 Å². The van der Waals surface area contributed by atoms with Gasteiger partial charge in [0, 0.05) is 36.9 Å². The van der Waals surface area contributed by atoms with Gasteiger partial charge in [-0.15, -0.1) is 0 Å². The maximum absolute atomic E-state index is 6.22. The van der Waals surface area contributed by atoms with Crippen molar-refractivity contribution in [1.29, 1.82) is 0 Å². The number of pyridine rings is 1. The minimum atomic E-state index is 0.150. The number of aromatic nitrogens is 1. The van der Waals surface area contributed by atoms with E-state index < -0.39 is 0 Å². The fourth-order valence-corrected chi connectivity index (χ4v) is 4.10. The van der Waals surface area contributed by atoms with Crippen LogP contribution in [0.1, 0.15) is 37.1 Å². The zero-order valence-corrected chi connectivity index (χ0v) is 13.4. The average Bonchev–Trinajstić information content (AvgIpc) is 2.94. The minimum absolute atomic E-state index is 0.150. The molecule has 0 saturated carbocycles. The SMILES string of the molecule is Cc1cccc(CN(C)C2(CN)CCN3CCCC3C2)n1. The molecule has 2 unspecified atom stereocenters. The summed E-state index contributed by atoms with van der Waals surface area (Å²) in [5, 5.41) is 0. The van der Waals surface area contributed by atoms with Crippen molar-refractivity contribution in [3.05, 3.63) is 29.6 Å². The standard InChI is InChI=1S/C17H28N4/c1-14-5-3-6-15(19-14)12-20(2)17(13-18)8-10-21-9-4-7-16(21)11-17/h3,5-6,16H,4,7-13,18H2,1-2H3. The first-order chi connectivity index (χ1) is 10.1. The molecule has 2 aliphatic rings. The van der Waals surface area contributed by atoms with E-state index in [4.69, 9.17) is 5.73 Å².